The van der Waals surface area contributed by atoms with Crippen molar-refractivity contribution in [1.29, 1.82) is 0 Å². The number of H-pyrrole nitrogens is 1. The Morgan fingerprint density at radius 1 is 1.10 bits per heavy atom. The Hall–Kier alpha value is -2.53. The standard InChI is InChI=1S/C16H15FN4/c1-10-4-2-3-5-13(10)15-19-16(21-20-15)14(18)11-6-8-12(17)9-7-11/h2-9,14H,18H2,1H3,(H,19,20,21)/t14-/m0/s1. The summed E-state index contributed by atoms with van der Waals surface area (Å²) in [6.45, 7) is 2.01. The van der Waals surface area contributed by atoms with Gasteiger partial charge in [-0.25, -0.2) is 9.37 Å². The molecule has 0 saturated heterocycles. The minimum Gasteiger partial charge on any atom is -0.318 e. The zero-order valence-electron chi connectivity index (χ0n) is 11.5. The number of halogens is 1. The number of hydrogen-bond donors (Lipinski definition) is 2. The smallest absolute Gasteiger partial charge is 0.181 e. The van der Waals surface area contributed by atoms with Crippen LogP contribution in [-0.4, -0.2) is 15.2 Å². The summed E-state index contributed by atoms with van der Waals surface area (Å²) in [6, 6.07) is 13.5. The van der Waals surface area contributed by atoms with E-state index in [1.54, 1.807) is 12.1 Å². The summed E-state index contributed by atoms with van der Waals surface area (Å²) >= 11 is 0. The SMILES string of the molecule is Cc1ccccc1-c1n[nH]c([C@@H](N)c2ccc(F)cc2)n1. The van der Waals surface area contributed by atoms with E-state index in [0.29, 0.717) is 11.6 Å². The van der Waals surface area contributed by atoms with Crippen LogP contribution in [0.25, 0.3) is 11.4 Å². The highest BCUT2D eigenvalue weighted by Gasteiger charge is 2.15. The van der Waals surface area contributed by atoms with Crippen molar-refractivity contribution in [3.63, 3.8) is 0 Å². The zero-order chi connectivity index (χ0) is 14.8. The summed E-state index contributed by atoms with van der Waals surface area (Å²) in [7, 11) is 0. The fourth-order valence-electron chi connectivity index (χ4n) is 2.19. The zero-order valence-corrected chi connectivity index (χ0v) is 11.5. The summed E-state index contributed by atoms with van der Waals surface area (Å²) in [5, 5.41) is 7.09. The molecule has 0 spiro atoms. The molecule has 0 bridgehead atoms. The molecule has 0 aliphatic heterocycles. The topological polar surface area (TPSA) is 67.6 Å². The van der Waals surface area contributed by atoms with Crippen molar-refractivity contribution < 1.29 is 4.39 Å². The Morgan fingerprint density at radius 3 is 2.52 bits per heavy atom. The van der Waals surface area contributed by atoms with Crippen LogP contribution in [0.1, 0.15) is 23.0 Å². The second kappa shape index (κ2) is 5.46. The lowest BCUT2D eigenvalue weighted by molar-refractivity contribution is 0.626. The monoisotopic (exact) mass is 282 g/mol. The van der Waals surface area contributed by atoms with Crippen LogP contribution in [0, 0.1) is 12.7 Å². The molecular weight excluding hydrogens is 267 g/mol. The van der Waals surface area contributed by atoms with Crippen LogP contribution in [-0.2, 0) is 0 Å². The van der Waals surface area contributed by atoms with Gasteiger partial charge in [0.05, 0.1) is 6.04 Å². The van der Waals surface area contributed by atoms with E-state index in [9.17, 15) is 4.39 Å². The second-order valence-electron chi connectivity index (χ2n) is 4.89. The van der Waals surface area contributed by atoms with Gasteiger partial charge in [0.1, 0.15) is 11.6 Å². The normalized spacial score (nSPS) is 12.3. The molecule has 1 aromatic heterocycles. The maximum atomic E-state index is 12.9. The van der Waals surface area contributed by atoms with E-state index in [0.717, 1.165) is 16.7 Å². The predicted molar refractivity (Wildman–Crippen MR) is 79.0 cm³/mol. The van der Waals surface area contributed by atoms with Crippen molar-refractivity contribution in [2.75, 3.05) is 0 Å². The first-order valence-corrected chi connectivity index (χ1v) is 6.64. The first-order valence-electron chi connectivity index (χ1n) is 6.64. The largest absolute Gasteiger partial charge is 0.318 e. The van der Waals surface area contributed by atoms with Gasteiger partial charge in [0.25, 0.3) is 0 Å². The molecule has 3 rings (SSSR count). The minimum absolute atomic E-state index is 0.288. The van der Waals surface area contributed by atoms with E-state index >= 15 is 0 Å². The summed E-state index contributed by atoms with van der Waals surface area (Å²) in [5.74, 6) is 0.879. The summed E-state index contributed by atoms with van der Waals surface area (Å²) in [6.07, 6.45) is 0. The van der Waals surface area contributed by atoms with Crippen LogP contribution in [0.2, 0.25) is 0 Å². The van der Waals surface area contributed by atoms with Crippen molar-refractivity contribution in [2.24, 2.45) is 5.73 Å². The molecule has 4 nitrogen and oxygen atoms in total. The number of nitrogens with zero attached hydrogens (tertiary/aromatic N) is 2. The van der Waals surface area contributed by atoms with Gasteiger partial charge in [-0.3, -0.25) is 5.10 Å². The van der Waals surface area contributed by atoms with E-state index in [2.05, 4.69) is 15.2 Å². The van der Waals surface area contributed by atoms with Crippen LogP contribution >= 0.6 is 0 Å². The molecule has 0 aliphatic carbocycles. The molecule has 1 atom stereocenters. The van der Waals surface area contributed by atoms with Crippen LogP contribution < -0.4 is 5.73 Å². The van der Waals surface area contributed by atoms with Gasteiger partial charge >= 0.3 is 0 Å². The lowest BCUT2D eigenvalue weighted by Gasteiger charge is -2.08. The van der Waals surface area contributed by atoms with Crippen LogP contribution in [0.5, 0.6) is 0 Å². The van der Waals surface area contributed by atoms with Crippen molar-refractivity contribution >= 4 is 0 Å². The Bertz CT molecular complexity index is 749. The number of rotatable bonds is 3. The quantitative estimate of drug-likeness (QED) is 0.776. The maximum Gasteiger partial charge on any atom is 0.181 e. The number of hydrogen-bond acceptors (Lipinski definition) is 3. The molecular formula is C16H15FN4. The average Bonchev–Trinajstić information content (AvgIpc) is 2.97. The molecule has 0 saturated carbocycles. The van der Waals surface area contributed by atoms with E-state index in [4.69, 9.17) is 5.73 Å². The van der Waals surface area contributed by atoms with Crippen molar-refractivity contribution in [2.45, 2.75) is 13.0 Å². The van der Waals surface area contributed by atoms with Gasteiger partial charge in [0.2, 0.25) is 0 Å². The molecule has 2 aromatic carbocycles. The molecule has 0 fully saturated rings. The van der Waals surface area contributed by atoms with Gasteiger partial charge in [0, 0.05) is 5.56 Å². The molecule has 1 heterocycles. The Kier molecular flexibility index (Phi) is 3.50. The van der Waals surface area contributed by atoms with Crippen molar-refractivity contribution in [3.05, 3.63) is 71.3 Å². The minimum atomic E-state index is -0.462. The third kappa shape index (κ3) is 2.68. The third-order valence-corrected chi connectivity index (χ3v) is 3.41. The lowest BCUT2D eigenvalue weighted by atomic mass is 10.1. The molecule has 5 heteroatoms. The lowest BCUT2D eigenvalue weighted by Crippen LogP contribution is -2.13. The van der Waals surface area contributed by atoms with Gasteiger partial charge in [-0.15, -0.1) is 0 Å². The maximum absolute atomic E-state index is 12.9. The second-order valence-corrected chi connectivity index (χ2v) is 4.89. The summed E-state index contributed by atoms with van der Waals surface area (Å²) < 4.78 is 12.9. The number of aromatic amines is 1. The van der Waals surface area contributed by atoms with Gasteiger partial charge in [-0.2, -0.15) is 5.10 Å². The molecule has 0 radical (unpaired) electrons. The van der Waals surface area contributed by atoms with Crippen molar-refractivity contribution in [3.8, 4) is 11.4 Å². The highest BCUT2D eigenvalue weighted by atomic mass is 19.1. The first kappa shape index (κ1) is 13.5. The number of aryl methyl sites for hydroxylation is 1. The Balaban J connectivity index is 1.91. The van der Waals surface area contributed by atoms with Crippen molar-refractivity contribution in [1.82, 2.24) is 15.2 Å². The molecule has 0 aliphatic rings. The average molecular weight is 282 g/mol. The Labute approximate surface area is 121 Å². The van der Waals surface area contributed by atoms with Crippen LogP contribution in [0.4, 0.5) is 4.39 Å². The fourth-order valence-corrected chi connectivity index (χ4v) is 2.19. The fraction of sp³-hybridized carbons (Fsp3) is 0.125. The molecule has 3 aromatic rings. The molecule has 106 valence electrons. The highest BCUT2D eigenvalue weighted by molar-refractivity contribution is 5.59. The predicted octanol–water partition coefficient (Wildman–Crippen LogP) is 2.97. The molecule has 3 N–H and O–H groups in total. The van der Waals surface area contributed by atoms with Gasteiger partial charge < -0.3 is 5.73 Å². The van der Waals surface area contributed by atoms with E-state index < -0.39 is 6.04 Å². The number of aromatic nitrogens is 3. The highest BCUT2D eigenvalue weighted by Crippen LogP contribution is 2.22. The number of nitrogens with two attached hydrogens (primary N) is 1. The van der Waals surface area contributed by atoms with Gasteiger partial charge in [0.15, 0.2) is 5.82 Å². The van der Waals surface area contributed by atoms with E-state index in [-0.39, 0.29) is 5.82 Å². The molecule has 0 unspecified atom stereocenters. The summed E-state index contributed by atoms with van der Waals surface area (Å²) in [5.41, 5.74) is 8.98. The number of benzene rings is 2. The molecule has 21 heavy (non-hydrogen) atoms. The van der Waals surface area contributed by atoms with Crippen LogP contribution in [0.3, 0.4) is 0 Å². The van der Waals surface area contributed by atoms with Gasteiger partial charge in [-0.05, 0) is 30.2 Å². The first-order chi connectivity index (χ1) is 10.1. The number of nitrogens with one attached hydrogen (secondary N) is 1. The summed E-state index contributed by atoms with van der Waals surface area (Å²) in [4.78, 5) is 4.45. The van der Waals surface area contributed by atoms with E-state index in [1.807, 2.05) is 31.2 Å². The molecule has 0 amide bonds. The van der Waals surface area contributed by atoms with Gasteiger partial charge in [-0.1, -0.05) is 36.4 Å². The van der Waals surface area contributed by atoms with E-state index in [1.165, 1.54) is 12.1 Å². The van der Waals surface area contributed by atoms with Crippen LogP contribution in [0.15, 0.2) is 48.5 Å². The third-order valence-electron chi connectivity index (χ3n) is 3.41. The Morgan fingerprint density at radius 2 is 1.81 bits per heavy atom.